The Morgan fingerprint density at radius 3 is 2.67 bits per heavy atom. The van der Waals surface area contributed by atoms with Gasteiger partial charge in [-0.2, -0.15) is 11.3 Å². The van der Waals surface area contributed by atoms with E-state index >= 15 is 0 Å². The van der Waals surface area contributed by atoms with Crippen molar-refractivity contribution in [1.29, 1.82) is 0 Å². The highest BCUT2D eigenvalue weighted by atomic mass is 32.1. The number of nitrogens with zero attached hydrogens (tertiary/aromatic N) is 1. The minimum Gasteiger partial charge on any atom is -0.490 e. The molecule has 30 heavy (non-hydrogen) atoms. The number of hydrogen-bond donors (Lipinski definition) is 1. The molecule has 4 nitrogen and oxygen atoms in total. The third-order valence-corrected chi connectivity index (χ3v) is 6.12. The molecule has 1 aromatic heterocycles. The van der Waals surface area contributed by atoms with Crippen molar-refractivity contribution in [3.8, 4) is 11.5 Å². The lowest BCUT2D eigenvalue weighted by Gasteiger charge is -2.31. The fraction of sp³-hybridized carbons (Fsp3) is 0.360. The maximum absolute atomic E-state index is 6.12. The summed E-state index contributed by atoms with van der Waals surface area (Å²) >= 11 is 1.76. The third kappa shape index (κ3) is 5.22. The van der Waals surface area contributed by atoms with Gasteiger partial charge in [-0.25, -0.2) is 0 Å². The van der Waals surface area contributed by atoms with Gasteiger partial charge in [-0.1, -0.05) is 36.4 Å². The number of nitrogens with one attached hydrogen (secondary N) is 1. The van der Waals surface area contributed by atoms with Crippen LogP contribution in [0.2, 0.25) is 0 Å². The zero-order valence-electron chi connectivity index (χ0n) is 17.5. The van der Waals surface area contributed by atoms with Crippen LogP contribution < -0.4 is 14.8 Å². The minimum absolute atomic E-state index is 0.235. The largest absolute Gasteiger partial charge is 0.490 e. The molecule has 0 amide bonds. The van der Waals surface area contributed by atoms with Crippen molar-refractivity contribution < 1.29 is 9.47 Å². The molecule has 2 heterocycles. The number of benzene rings is 2. The van der Waals surface area contributed by atoms with Crippen LogP contribution in [0.25, 0.3) is 0 Å². The predicted octanol–water partition coefficient (Wildman–Crippen LogP) is 5.11. The van der Waals surface area contributed by atoms with Crippen molar-refractivity contribution in [2.75, 3.05) is 32.8 Å². The molecule has 0 saturated carbocycles. The fourth-order valence-electron chi connectivity index (χ4n) is 3.99. The first-order valence-corrected chi connectivity index (χ1v) is 11.7. The quantitative estimate of drug-likeness (QED) is 0.547. The van der Waals surface area contributed by atoms with Crippen LogP contribution in [0, 0.1) is 0 Å². The van der Waals surface area contributed by atoms with E-state index in [-0.39, 0.29) is 6.04 Å². The second kappa shape index (κ2) is 10.6. The first-order valence-electron chi connectivity index (χ1n) is 10.8. The Balaban J connectivity index is 1.61. The van der Waals surface area contributed by atoms with E-state index in [1.54, 1.807) is 11.3 Å². The van der Waals surface area contributed by atoms with Gasteiger partial charge in [0.15, 0.2) is 11.5 Å². The lowest BCUT2D eigenvalue weighted by atomic mass is 9.98. The summed E-state index contributed by atoms with van der Waals surface area (Å²) in [6.07, 6.45) is 1.16. The summed E-state index contributed by atoms with van der Waals surface area (Å²) in [4.78, 5) is 2.58. The summed E-state index contributed by atoms with van der Waals surface area (Å²) in [7, 11) is 0. The Morgan fingerprint density at radius 2 is 1.87 bits per heavy atom. The van der Waals surface area contributed by atoms with Gasteiger partial charge in [0.1, 0.15) is 6.61 Å². The van der Waals surface area contributed by atoms with Gasteiger partial charge >= 0.3 is 0 Å². The zero-order chi connectivity index (χ0) is 20.6. The standard InChI is InChI=1S/C25H30N2O2S/c1-2-28-24-17-21(9-10-23(24)29-18-20-7-4-3-5-8-20)25(22-11-16-30-19-22)27-14-6-12-26-13-15-27/h3-5,7-11,16-17,19,25-26H,2,6,12-15,18H2,1H3. The van der Waals surface area contributed by atoms with Crippen molar-refractivity contribution in [2.24, 2.45) is 0 Å². The van der Waals surface area contributed by atoms with E-state index in [2.05, 4.69) is 57.4 Å². The topological polar surface area (TPSA) is 33.7 Å². The van der Waals surface area contributed by atoms with E-state index in [0.29, 0.717) is 13.2 Å². The van der Waals surface area contributed by atoms with Gasteiger partial charge in [0, 0.05) is 19.6 Å². The molecule has 5 heteroatoms. The molecule has 3 aromatic rings. The molecule has 1 unspecified atom stereocenters. The zero-order valence-corrected chi connectivity index (χ0v) is 18.4. The monoisotopic (exact) mass is 422 g/mol. The molecule has 0 bridgehead atoms. The maximum Gasteiger partial charge on any atom is 0.161 e. The summed E-state index contributed by atoms with van der Waals surface area (Å²) in [5.41, 5.74) is 3.75. The molecule has 0 spiro atoms. The normalized spacial score (nSPS) is 16.0. The summed E-state index contributed by atoms with van der Waals surface area (Å²) in [6, 6.07) is 19.2. The van der Waals surface area contributed by atoms with Crippen molar-refractivity contribution >= 4 is 11.3 Å². The minimum atomic E-state index is 0.235. The second-order valence-electron chi connectivity index (χ2n) is 7.51. The second-order valence-corrected chi connectivity index (χ2v) is 8.29. The van der Waals surface area contributed by atoms with Crippen LogP contribution in [0.1, 0.15) is 36.1 Å². The van der Waals surface area contributed by atoms with E-state index in [9.17, 15) is 0 Å². The number of thiophene rings is 1. The third-order valence-electron chi connectivity index (χ3n) is 5.42. The number of rotatable bonds is 8. The molecular weight excluding hydrogens is 392 g/mol. The SMILES string of the molecule is CCOc1cc(C(c2ccsc2)N2CCCNCC2)ccc1OCc1ccccc1. The van der Waals surface area contributed by atoms with Crippen LogP contribution >= 0.6 is 11.3 Å². The molecule has 2 aromatic carbocycles. The van der Waals surface area contributed by atoms with Crippen LogP contribution in [-0.4, -0.2) is 37.7 Å². The van der Waals surface area contributed by atoms with E-state index in [0.717, 1.165) is 49.7 Å². The summed E-state index contributed by atoms with van der Waals surface area (Å²) in [5.74, 6) is 1.62. The summed E-state index contributed by atoms with van der Waals surface area (Å²) in [6.45, 7) is 7.40. The average molecular weight is 423 g/mol. The molecule has 1 N–H and O–H groups in total. The van der Waals surface area contributed by atoms with Crippen molar-refractivity contribution in [3.63, 3.8) is 0 Å². The summed E-state index contributed by atoms with van der Waals surface area (Å²) < 4.78 is 12.1. The van der Waals surface area contributed by atoms with Gasteiger partial charge in [0.2, 0.25) is 0 Å². The van der Waals surface area contributed by atoms with Crippen LogP contribution in [-0.2, 0) is 6.61 Å². The van der Waals surface area contributed by atoms with Gasteiger partial charge in [0.25, 0.3) is 0 Å². The predicted molar refractivity (Wildman–Crippen MR) is 124 cm³/mol. The highest BCUT2D eigenvalue weighted by molar-refractivity contribution is 7.08. The molecule has 158 valence electrons. The Labute approximate surface area is 183 Å². The lowest BCUT2D eigenvalue weighted by molar-refractivity contribution is 0.239. The molecule has 4 rings (SSSR count). The Morgan fingerprint density at radius 1 is 0.967 bits per heavy atom. The van der Waals surface area contributed by atoms with Crippen LogP contribution in [0.15, 0.2) is 65.4 Å². The van der Waals surface area contributed by atoms with E-state index in [1.807, 2.05) is 25.1 Å². The molecule has 1 aliphatic rings. The van der Waals surface area contributed by atoms with E-state index in [4.69, 9.17) is 9.47 Å². The smallest absolute Gasteiger partial charge is 0.161 e. The van der Waals surface area contributed by atoms with Crippen molar-refractivity contribution in [1.82, 2.24) is 10.2 Å². The average Bonchev–Trinajstić information content (AvgIpc) is 3.17. The Hall–Kier alpha value is -2.34. The molecule has 0 aliphatic carbocycles. The molecule has 1 atom stereocenters. The van der Waals surface area contributed by atoms with Gasteiger partial charge in [-0.3, -0.25) is 4.90 Å². The Kier molecular flexibility index (Phi) is 7.40. The summed E-state index contributed by atoms with van der Waals surface area (Å²) in [5, 5.41) is 7.95. The van der Waals surface area contributed by atoms with Crippen molar-refractivity contribution in [3.05, 3.63) is 82.0 Å². The lowest BCUT2D eigenvalue weighted by Crippen LogP contribution is -2.32. The van der Waals surface area contributed by atoms with Gasteiger partial charge in [-0.15, -0.1) is 0 Å². The highest BCUT2D eigenvalue weighted by Gasteiger charge is 2.25. The number of hydrogen-bond acceptors (Lipinski definition) is 5. The first kappa shape index (κ1) is 20.9. The molecule has 1 fully saturated rings. The van der Waals surface area contributed by atoms with Crippen LogP contribution in [0.4, 0.5) is 0 Å². The molecule has 1 saturated heterocycles. The number of ether oxygens (including phenoxy) is 2. The van der Waals surface area contributed by atoms with E-state index < -0.39 is 0 Å². The highest BCUT2D eigenvalue weighted by Crippen LogP contribution is 2.36. The van der Waals surface area contributed by atoms with Crippen LogP contribution in [0.3, 0.4) is 0 Å². The molecular formula is C25H30N2O2S. The van der Waals surface area contributed by atoms with Gasteiger partial charge < -0.3 is 14.8 Å². The fourth-order valence-corrected chi connectivity index (χ4v) is 4.67. The molecule has 1 aliphatic heterocycles. The molecule has 0 radical (unpaired) electrons. The van der Waals surface area contributed by atoms with Gasteiger partial charge in [-0.05, 0) is 65.5 Å². The van der Waals surface area contributed by atoms with Crippen LogP contribution in [0.5, 0.6) is 11.5 Å². The Bertz CT molecular complexity index is 891. The van der Waals surface area contributed by atoms with Gasteiger partial charge in [0.05, 0.1) is 12.6 Å². The first-order chi connectivity index (χ1) is 14.8. The maximum atomic E-state index is 6.12. The van der Waals surface area contributed by atoms with Crippen molar-refractivity contribution in [2.45, 2.75) is 26.0 Å². The van der Waals surface area contributed by atoms with E-state index in [1.165, 1.54) is 11.1 Å².